The number of fused-ring (bicyclic) bond motifs is 1. The number of nitrogens with zero attached hydrogens (tertiary/aromatic N) is 4. The van der Waals surface area contributed by atoms with Crippen LogP contribution in [0.5, 0.6) is 0 Å². The van der Waals surface area contributed by atoms with E-state index >= 15 is 0 Å². The summed E-state index contributed by atoms with van der Waals surface area (Å²) >= 11 is 0. The third-order valence-electron chi connectivity index (χ3n) is 2.75. The molecule has 0 saturated carbocycles. The van der Waals surface area contributed by atoms with Gasteiger partial charge in [0.2, 0.25) is 0 Å². The van der Waals surface area contributed by atoms with Crippen molar-refractivity contribution < 1.29 is 0 Å². The first-order chi connectivity index (χ1) is 7.83. The van der Waals surface area contributed by atoms with E-state index in [0.29, 0.717) is 0 Å². The van der Waals surface area contributed by atoms with Gasteiger partial charge in [0.15, 0.2) is 5.82 Å². The molecule has 16 heavy (non-hydrogen) atoms. The molecule has 5 heteroatoms. The van der Waals surface area contributed by atoms with Crippen molar-refractivity contribution >= 4 is 0 Å². The maximum Gasteiger partial charge on any atom is 0.180 e. The summed E-state index contributed by atoms with van der Waals surface area (Å²) in [7, 11) is 1.89. The molecule has 3 heterocycles. The van der Waals surface area contributed by atoms with E-state index in [1.165, 1.54) is 5.56 Å². The van der Waals surface area contributed by atoms with E-state index in [4.69, 9.17) is 0 Å². The summed E-state index contributed by atoms with van der Waals surface area (Å²) in [5, 5.41) is 7.61. The van der Waals surface area contributed by atoms with Crippen molar-refractivity contribution in [2.24, 2.45) is 7.05 Å². The maximum atomic E-state index is 4.57. The van der Waals surface area contributed by atoms with Gasteiger partial charge < -0.3 is 5.32 Å². The molecule has 82 valence electrons. The SMILES string of the molecule is Cn1ccc(-c2ncc3c(n2)CCNC3)n1. The summed E-state index contributed by atoms with van der Waals surface area (Å²) in [6.45, 7) is 1.86. The fourth-order valence-corrected chi connectivity index (χ4v) is 1.89. The zero-order valence-corrected chi connectivity index (χ0v) is 9.14. The van der Waals surface area contributed by atoms with Crippen LogP contribution in [-0.2, 0) is 20.0 Å². The van der Waals surface area contributed by atoms with E-state index < -0.39 is 0 Å². The van der Waals surface area contributed by atoms with Crippen molar-refractivity contribution in [1.29, 1.82) is 0 Å². The normalized spacial score (nSPS) is 14.8. The monoisotopic (exact) mass is 215 g/mol. The molecule has 0 aliphatic carbocycles. The number of nitrogens with one attached hydrogen (secondary N) is 1. The lowest BCUT2D eigenvalue weighted by atomic mass is 10.1. The second-order valence-electron chi connectivity index (χ2n) is 3.97. The standard InChI is InChI=1S/C11H13N5/c1-16-5-3-10(15-16)11-13-7-8-6-12-4-2-9(8)14-11/h3,5,7,12H,2,4,6H2,1H3. The average molecular weight is 215 g/mol. The van der Waals surface area contributed by atoms with Crippen molar-refractivity contribution in [3.8, 4) is 11.5 Å². The molecule has 0 atom stereocenters. The molecular weight excluding hydrogens is 202 g/mol. The lowest BCUT2D eigenvalue weighted by molar-refractivity contribution is 0.626. The molecule has 0 bridgehead atoms. The Balaban J connectivity index is 2.02. The molecule has 2 aromatic heterocycles. The summed E-state index contributed by atoms with van der Waals surface area (Å²) in [5.41, 5.74) is 3.18. The Hall–Kier alpha value is -1.75. The third-order valence-corrected chi connectivity index (χ3v) is 2.75. The van der Waals surface area contributed by atoms with Crippen LogP contribution < -0.4 is 5.32 Å². The minimum Gasteiger partial charge on any atom is -0.312 e. The summed E-state index contributed by atoms with van der Waals surface area (Å²) in [6.07, 6.45) is 4.77. The van der Waals surface area contributed by atoms with Crippen molar-refractivity contribution in [1.82, 2.24) is 25.1 Å². The Morgan fingerprint density at radius 1 is 1.44 bits per heavy atom. The lowest BCUT2D eigenvalue weighted by Gasteiger charge is -2.15. The van der Waals surface area contributed by atoms with Gasteiger partial charge in [0.05, 0.1) is 5.69 Å². The van der Waals surface area contributed by atoms with Crippen LogP contribution in [0.3, 0.4) is 0 Å². The average Bonchev–Trinajstić information content (AvgIpc) is 2.75. The molecule has 1 aliphatic rings. The van der Waals surface area contributed by atoms with Gasteiger partial charge in [0, 0.05) is 44.5 Å². The Morgan fingerprint density at radius 2 is 2.38 bits per heavy atom. The molecule has 0 fully saturated rings. The second kappa shape index (κ2) is 3.68. The molecule has 0 radical (unpaired) electrons. The Kier molecular flexibility index (Phi) is 2.18. The number of aromatic nitrogens is 4. The van der Waals surface area contributed by atoms with Crippen LogP contribution in [0.1, 0.15) is 11.3 Å². The largest absolute Gasteiger partial charge is 0.312 e. The van der Waals surface area contributed by atoms with Crippen LogP contribution in [0.4, 0.5) is 0 Å². The fourth-order valence-electron chi connectivity index (χ4n) is 1.89. The summed E-state index contributed by atoms with van der Waals surface area (Å²) in [6, 6.07) is 1.93. The lowest BCUT2D eigenvalue weighted by Crippen LogP contribution is -2.25. The number of hydrogen-bond donors (Lipinski definition) is 1. The minimum absolute atomic E-state index is 0.723. The highest BCUT2D eigenvalue weighted by molar-refractivity contribution is 5.48. The van der Waals surface area contributed by atoms with Gasteiger partial charge in [-0.15, -0.1) is 0 Å². The topological polar surface area (TPSA) is 55.6 Å². The maximum absolute atomic E-state index is 4.57. The minimum atomic E-state index is 0.723. The van der Waals surface area contributed by atoms with Crippen LogP contribution in [0, 0.1) is 0 Å². The highest BCUT2D eigenvalue weighted by Crippen LogP contribution is 2.16. The van der Waals surface area contributed by atoms with Gasteiger partial charge in [-0.1, -0.05) is 0 Å². The van der Waals surface area contributed by atoms with Crippen LogP contribution in [-0.4, -0.2) is 26.3 Å². The van der Waals surface area contributed by atoms with Gasteiger partial charge in [-0.2, -0.15) is 5.10 Å². The summed E-state index contributed by atoms with van der Waals surface area (Å²) in [5.74, 6) is 0.723. The molecular formula is C11H13N5. The van der Waals surface area contributed by atoms with Crippen molar-refractivity contribution in [2.75, 3.05) is 6.54 Å². The molecule has 0 aromatic carbocycles. The number of rotatable bonds is 1. The van der Waals surface area contributed by atoms with E-state index in [9.17, 15) is 0 Å². The molecule has 0 unspecified atom stereocenters. The van der Waals surface area contributed by atoms with Gasteiger partial charge in [-0.25, -0.2) is 9.97 Å². The number of aryl methyl sites for hydroxylation is 1. The van der Waals surface area contributed by atoms with Gasteiger partial charge in [0.25, 0.3) is 0 Å². The van der Waals surface area contributed by atoms with Crippen LogP contribution >= 0.6 is 0 Å². The molecule has 0 saturated heterocycles. The van der Waals surface area contributed by atoms with Crippen molar-refractivity contribution in [3.05, 3.63) is 29.7 Å². The molecule has 5 nitrogen and oxygen atoms in total. The van der Waals surface area contributed by atoms with E-state index in [-0.39, 0.29) is 0 Å². The zero-order valence-electron chi connectivity index (χ0n) is 9.14. The fraction of sp³-hybridized carbons (Fsp3) is 0.364. The van der Waals surface area contributed by atoms with E-state index in [1.807, 2.05) is 25.5 Å². The first-order valence-corrected chi connectivity index (χ1v) is 5.38. The predicted octanol–water partition coefficient (Wildman–Crippen LogP) is 0.523. The Bertz CT molecular complexity index is 517. The summed E-state index contributed by atoms with van der Waals surface area (Å²) in [4.78, 5) is 8.92. The molecule has 1 N–H and O–H groups in total. The molecule has 2 aromatic rings. The van der Waals surface area contributed by atoms with Gasteiger partial charge >= 0.3 is 0 Å². The summed E-state index contributed by atoms with van der Waals surface area (Å²) < 4.78 is 1.76. The van der Waals surface area contributed by atoms with Crippen LogP contribution in [0.15, 0.2) is 18.5 Å². The highest BCUT2D eigenvalue weighted by Gasteiger charge is 2.13. The molecule has 1 aliphatic heterocycles. The quantitative estimate of drug-likeness (QED) is 0.753. The van der Waals surface area contributed by atoms with Gasteiger partial charge in [-0.3, -0.25) is 4.68 Å². The Labute approximate surface area is 93.5 Å². The van der Waals surface area contributed by atoms with Gasteiger partial charge in [0.1, 0.15) is 5.69 Å². The smallest absolute Gasteiger partial charge is 0.180 e. The van der Waals surface area contributed by atoms with Crippen molar-refractivity contribution in [2.45, 2.75) is 13.0 Å². The molecule has 3 rings (SSSR count). The second-order valence-corrected chi connectivity index (χ2v) is 3.97. The molecule has 0 spiro atoms. The first-order valence-electron chi connectivity index (χ1n) is 5.38. The Morgan fingerprint density at radius 3 is 3.19 bits per heavy atom. The third kappa shape index (κ3) is 1.59. The van der Waals surface area contributed by atoms with E-state index in [0.717, 1.165) is 36.7 Å². The van der Waals surface area contributed by atoms with Gasteiger partial charge in [-0.05, 0) is 6.07 Å². The van der Waals surface area contributed by atoms with Crippen LogP contribution in [0.2, 0.25) is 0 Å². The molecule has 0 amide bonds. The van der Waals surface area contributed by atoms with Crippen molar-refractivity contribution in [3.63, 3.8) is 0 Å². The zero-order chi connectivity index (χ0) is 11.0. The van der Waals surface area contributed by atoms with Crippen LogP contribution in [0.25, 0.3) is 11.5 Å². The number of hydrogen-bond acceptors (Lipinski definition) is 4. The first kappa shape index (κ1) is 9.47. The highest BCUT2D eigenvalue weighted by atomic mass is 15.3. The predicted molar refractivity (Wildman–Crippen MR) is 59.6 cm³/mol. The van der Waals surface area contributed by atoms with E-state index in [2.05, 4.69) is 20.4 Å². The van der Waals surface area contributed by atoms with E-state index in [1.54, 1.807) is 4.68 Å².